The Morgan fingerprint density at radius 1 is 0.375 bits per heavy atom. The first kappa shape index (κ1) is 98.0. The van der Waals surface area contributed by atoms with Crippen LogP contribution in [-0.2, 0) is 0 Å². The number of hydrogen-bond donors (Lipinski definition) is 0. The highest BCUT2D eigenvalue weighted by molar-refractivity contribution is 4.84. The van der Waals surface area contributed by atoms with Crippen molar-refractivity contribution >= 4 is 0 Å². The maximum Gasteiger partial charge on any atom is 0.392 e. The molecule has 0 aromatic rings. The molecule has 13 atom stereocenters. The lowest BCUT2D eigenvalue weighted by atomic mass is 9.73. The summed E-state index contributed by atoms with van der Waals surface area (Å²) in [5, 5.41) is 0. The average molecular weight is 1310 g/mol. The van der Waals surface area contributed by atoms with Crippen molar-refractivity contribution in [2.45, 2.75) is 368 Å². The van der Waals surface area contributed by atoms with Crippen molar-refractivity contribution in [2.24, 2.45) is 105 Å². The molecule has 4 fully saturated rings. The first-order valence-corrected chi connectivity index (χ1v) is 33.4. The second kappa shape index (κ2) is 49.5. The van der Waals surface area contributed by atoms with Crippen LogP contribution in [0, 0.1) is 105 Å². The minimum atomic E-state index is -3.99. The van der Waals surface area contributed by atoms with E-state index in [0.717, 1.165) is 49.4 Å². The van der Waals surface area contributed by atoms with Crippen LogP contribution < -0.4 is 0 Å². The van der Waals surface area contributed by atoms with Crippen molar-refractivity contribution in [1.82, 2.24) is 0 Å². The molecule has 0 aliphatic heterocycles. The summed E-state index contributed by atoms with van der Waals surface area (Å²) < 4.78 is 194. The van der Waals surface area contributed by atoms with Gasteiger partial charge in [0.2, 0.25) is 0 Å². The molecule has 0 bridgehead atoms. The Balaban J connectivity index is -0.000000139. The third-order valence-corrected chi connectivity index (χ3v) is 17.2. The summed E-state index contributed by atoms with van der Waals surface area (Å²) in [5.74, 6) is -0.994. The molecule has 15 heteroatoms. The lowest BCUT2D eigenvalue weighted by Crippen LogP contribution is -2.35. The summed E-state index contributed by atoms with van der Waals surface area (Å²) >= 11 is 0. The van der Waals surface area contributed by atoms with Gasteiger partial charge in [0.05, 0.1) is 29.6 Å². The molecular weight excluding hydrogens is 1160 g/mol. The predicted octanol–water partition coefficient (Wildman–Crippen LogP) is 30.6. The first-order chi connectivity index (χ1) is 39.0. The van der Waals surface area contributed by atoms with Crippen LogP contribution in [0.2, 0.25) is 0 Å². The van der Waals surface area contributed by atoms with E-state index in [0.29, 0.717) is 42.9 Å². The Hall–Kier alpha value is -1.05. The fourth-order valence-corrected chi connectivity index (χ4v) is 10.8. The zero-order chi connectivity index (χ0) is 71.6. The van der Waals surface area contributed by atoms with E-state index in [1.165, 1.54) is 72.1 Å². The Kier molecular flexibility index (Phi) is 55.1. The fraction of sp³-hybridized carbons (Fsp3) is 1.00. The summed E-state index contributed by atoms with van der Waals surface area (Å²) in [7, 11) is 0. The van der Waals surface area contributed by atoms with Crippen molar-refractivity contribution in [1.29, 1.82) is 0 Å². The van der Waals surface area contributed by atoms with Crippen molar-refractivity contribution < 1.29 is 68.6 Å². The highest BCUT2D eigenvalue weighted by atomic mass is 19.4. The monoisotopic (exact) mass is 1310 g/mol. The van der Waals surface area contributed by atoms with Crippen LogP contribution in [0.3, 0.4) is 0 Å². The van der Waals surface area contributed by atoms with E-state index in [1.807, 2.05) is 48.5 Å². The zero-order valence-corrected chi connectivity index (χ0v) is 60.3. The van der Waals surface area contributed by atoms with Crippen LogP contribution in [0.1, 0.15) is 340 Å². The van der Waals surface area contributed by atoms with Gasteiger partial charge in [0.1, 0.15) is 0 Å². The van der Waals surface area contributed by atoms with Gasteiger partial charge in [-0.15, -0.1) is 0 Å². The summed E-state index contributed by atoms with van der Waals surface area (Å²) in [6.07, 6.45) is -4.36. The molecular formula is C73H147F15. The van der Waals surface area contributed by atoms with Gasteiger partial charge < -0.3 is 0 Å². The average Bonchev–Trinajstić information content (AvgIpc) is 2.75. The third-order valence-electron chi connectivity index (χ3n) is 17.2. The van der Waals surface area contributed by atoms with Gasteiger partial charge in [0.25, 0.3) is 0 Å². The second-order valence-electron chi connectivity index (χ2n) is 30.6. The molecule has 0 saturated heterocycles. The van der Waals surface area contributed by atoms with Crippen molar-refractivity contribution in [2.75, 3.05) is 0 Å². The normalized spacial score (nSPS) is 26.7. The standard InChI is InChI=1S/2C9H15F3.C8H13F3.C8H16.2C7H16.C6H11F3.2C6H14.C5H9F3.2CH4/c1-6-3-7(2)5-8(4-6)9(10,11)12;1-6-4-3-5-8(7(6)2)9(10,11)12;1-5-3-6(2)7(4-5)8(9,10)11;1-6-4-5-7(2)8(6)3;2*1-5-6-7(2,3)4;1-3-4-5(2)6(7,8)9;1-5-6(2,3)4;1-4-5-6(2)3;1-3-4(2)5(6,7)8;;/h2*6-8H,3-5H2,1-2H3;5-7H,3-4H2,1-2H3;6-8H,4-5H2,1-3H3;2*5-6H2,1-4H3;5H,3-4H2,1-2H3;5H2,1-4H3;6H,4-5H2,1-3H3;4H,3H2,1-2H3;2*1H4/t6-,7?,8?;6?,7-,8?;;;;;;;;;;/m01........../s1/i;;;;;;;5D2;;;;. The van der Waals surface area contributed by atoms with Crippen LogP contribution >= 0.6 is 0 Å². The topological polar surface area (TPSA) is 0 Å². The molecule has 0 heterocycles. The van der Waals surface area contributed by atoms with Crippen molar-refractivity contribution in [3.05, 3.63) is 0 Å². The second-order valence-corrected chi connectivity index (χ2v) is 30.6. The lowest BCUT2D eigenvalue weighted by Gasteiger charge is -2.35. The zero-order valence-electron chi connectivity index (χ0n) is 62.3. The molecule has 4 saturated carbocycles. The van der Waals surface area contributed by atoms with Gasteiger partial charge in [-0.1, -0.05) is 273 Å². The van der Waals surface area contributed by atoms with Gasteiger partial charge in [0.15, 0.2) is 0 Å². The van der Waals surface area contributed by atoms with Gasteiger partial charge in [0, 0.05) is 2.74 Å². The van der Waals surface area contributed by atoms with Gasteiger partial charge in [-0.05, 0) is 140 Å². The molecule has 88 heavy (non-hydrogen) atoms. The molecule has 4 rings (SSSR count). The number of hydrogen-bond acceptors (Lipinski definition) is 0. The molecule has 0 N–H and O–H groups in total. The Labute approximate surface area is 539 Å². The molecule has 0 radical (unpaired) electrons. The molecule has 4 aliphatic rings. The van der Waals surface area contributed by atoms with Crippen LogP contribution in [0.5, 0.6) is 0 Å². The number of alkyl halides is 15. The van der Waals surface area contributed by atoms with E-state index in [9.17, 15) is 65.9 Å². The molecule has 0 amide bonds. The number of rotatable bonds is 7. The van der Waals surface area contributed by atoms with E-state index < -0.39 is 66.8 Å². The summed E-state index contributed by atoms with van der Waals surface area (Å²) in [5.41, 5.74) is 0.872. The van der Waals surface area contributed by atoms with E-state index in [-0.39, 0.29) is 68.6 Å². The minimum absolute atomic E-state index is 0. The smallest absolute Gasteiger partial charge is 0.171 e. The molecule has 0 aromatic heterocycles. The maximum atomic E-state index is 12.4. The van der Waals surface area contributed by atoms with Crippen LogP contribution in [-0.4, -0.2) is 30.9 Å². The van der Waals surface area contributed by atoms with Gasteiger partial charge >= 0.3 is 30.9 Å². The summed E-state index contributed by atoms with van der Waals surface area (Å²) in [6, 6.07) is 0. The Bertz CT molecular complexity index is 1560. The highest BCUT2D eigenvalue weighted by Gasteiger charge is 2.48. The summed E-state index contributed by atoms with van der Waals surface area (Å²) in [6.45, 7) is 56.0. The minimum Gasteiger partial charge on any atom is -0.171 e. The third kappa shape index (κ3) is 61.1. The van der Waals surface area contributed by atoms with E-state index in [1.54, 1.807) is 27.7 Å². The first-order valence-electron chi connectivity index (χ1n) is 34.4. The Morgan fingerprint density at radius 3 is 0.864 bits per heavy atom. The van der Waals surface area contributed by atoms with Crippen molar-refractivity contribution in [3.63, 3.8) is 0 Å². The van der Waals surface area contributed by atoms with Crippen LogP contribution in [0.4, 0.5) is 65.9 Å². The molecule has 4 aliphatic carbocycles. The quantitative estimate of drug-likeness (QED) is 0.223. The fourth-order valence-electron chi connectivity index (χ4n) is 10.8. The van der Waals surface area contributed by atoms with E-state index in [4.69, 9.17) is 2.74 Å². The molecule has 0 aromatic carbocycles. The Morgan fingerprint density at radius 2 is 0.716 bits per heavy atom. The van der Waals surface area contributed by atoms with E-state index in [2.05, 4.69) is 96.9 Å². The van der Waals surface area contributed by atoms with E-state index >= 15 is 0 Å². The predicted molar refractivity (Wildman–Crippen MR) is 355 cm³/mol. The van der Waals surface area contributed by atoms with Crippen LogP contribution in [0.15, 0.2) is 0 Å². The number of halogens is 15. The highest BCUT2D eigenvalue weighted by Crippen LogP contribution is 2.46. The molecule has 0 nitrogen and oxygen atoms in total. The van der Waals surface area contributed by atoms with Crippen LogP contribution in [0.25, 0.3) is 0 Å². The van der Waals surface area contributed by atoms with Gasteiger partial charge in [-0.3, -0.25) is 0 Å². The van der Waals surface area contributed by atoms with Gasteiger partial charge in [-0.25, -0.2) is 0 Å². The molecule has 0 spiro atoms. The van der Waals surface area contributed by atoms with Gasteiger partial charge in [-0.2, -0.15) is 65.9 Å². The largest absolute Gasteiger partial charge is 0.392 e. The summed E-state index contributed by atoms with van der Waals surface area (Å²) in [4.78, 5) is 0. The molecule has 544 valence electrons. The lowest BCUT2D eigenvalue weighted by molar-refractivity contribution is -0.199. The SMILES string of the molecule is C.C.CC1CC(C(F)(F)F)C[C@@H](C)C1.CC1CC(C)C(C(F)(F)F)C1.CC1CCC(C)C1C.CC1CCCC(C(F)(F)F)[C@@H]1C.CCC(C)C(F)(F)F.CCCC(C)(C)C.CCCC(C)(C)C.CCCC(C)C.CCCC(C)C(F)(F)F.[2H]C([2H])(C)C(C)(C)C. The molecule has 11 unspecified atom stereocenters. The van der Waals surface area contributed by atoms with Crippen molar-refractivity contribution in [3.8, 4) is 0 Å². The maximum absolute atomic E-state index is 12.4.